The Hall–Kier alpha value is -3.55. The molecular formula is C29H37NO6. The number of aliphatic hydroxyl groups excluding tert-OH is 1. The lowest BCUT2D eigenvalue weighted by Gasteiger charge is -2.22. The van der Waals surface area contributed by atoms with Gasteiger partial charge >= 0.3 is 5.97 Å². The highest BCUT2D eigenvalue weighted by Gasteiger charge is 2.16. The molecule has 0 aliphatic heterocycles. The van der Waals surface area contributed by atoms with Gasteiger partial charge < -0.3 is 24.4 Å². The van der Waals surface area contributed by atoms with E-state index < -0.39 is 5.97 Å². The Bertz CT molecular complexity index is 1000. The standard InChI is InChI=1S/C19H25NO.C10H12O5/c21-16-8-7-14-20(17-19-11-5-2-6-12-19)15-13-18-9-3-1-4-10-18;1-13-7-4-6(10(11)12)5-8(14-2)9(7)15-3/h1-6,9-12,21H,7-8,13-17H2;4-5H,1-3H3,(H,11,12). The van der Waals surface area contributed by atoms with E-state index in [9.17, 15) is 4.79 Å². The summed E-state index contributed by atoms with van der Waals surface area (Å²) in [7, 11) is 4.33. The topological polar surface area (TPSA) is 88.5 Å². The van der Waals surface area contributed by atoms with Crippen LogP contribution in [0.3, 0.4) is 0 Å². The number of hydrogen-bond acceptors (Lipinski definition) is 6. The summed E-state index contributed by atoms with van der Waals surface area (Å²) >= 11 is 0. The van der Waals surface area contributed by atoms with Crippen molar-refractivity contribution in [2.45, 2.75) is 25.8 Å². The lowest BCUT2D eigenvalue weighted by molar-refractivity contribution is 0.0696. The number of methoxy groups -OCH3 is 3. The second-order valence-corrected chi connectivity index (χ2v) is 8.15. The summed E-state index contributed by atoms with van der Waals surface area (Å²) in [4.78, 5) is 13.3. The molecule has 7 heteroatoms. The van der Waals surface area contributed by atoms with Crippen molar-refractivity contribution in [1.82, 2.24) is 4.90 Å². The third kappa shape index (κ3) is 9.60. The van der Waals surface area contributed by atoms with Crippen LogP contribution in [-0.4, -0.2) is 62.1 Å². The third-order valence-corrected chi connectivity index (χ3v) is 5.60. The molecule has 0 fully saturated rings. The van der Waals surface area contributed by atoms with E-state index in [2.05, 4.69) is 65.6 Å². The number of carbonyl (C=O) groups is 1. The summed E-state index contributed by atoms with van der Waals surface area (Å²) in [6, 6.07) is 24.0. The minimum absolute atomic E-state index is 0.0875. The Balaban J connectivity index is 0.000000269. The number of carboxylic acids is 1. The molecule has 0 aromatic heterocycles. The first kappa shape index (κ1) is 28.7. The van der Waals surface area contributed by atoms with E-state index in [0.717, 1.165) is 38.9 Å². The Morgan fingerprint density at radius 3 is 1.81 bits per heavy atom. The maximum atomic E-state index is 10.8. The molecule has 0 aliphatic carbocycles. The zero-order valence-corrected chi connectivity index (χ0v) is 21.4. The van der Waals surface area contributed by atoms with E-state index >= 15 is 0 Å². The molecule has 0 radical (unpaired) electrons. The number of rotatable bonds is 13. The van der Waals surface area contributed by atoms with Crippen molar-refractivity contribution in [2.75, 3.05) is 41.0 Å². The number of ether oxygens (including phenoxy) is 3. The van der Waals surface area contributed by atoms with Gasteiger partial charge in [-0.2, -0.15) is 0 Å². The number of nitrogens with zero attached hydrogens (tertiary/aromatic N) is 1. The number of unbranched alkanes of at least 4 members (excludes halogenated alkanes) is 1. The van der Waals surface area contributed by atoms with Crippen LogP contribution in [0.4, 0.5) is 0 Å². The smallest absolute Gasteiger partial charge is 0.335 e. The lowest BCUT2D eigenvalue weighted by atomic mass is 10.1. The molecule has 36 heavy (non-hydrogen) atoms. The van der Waals surface area contributed by atoms with Gasteiger partial charge in [0.15, 0.2) is 11.5 Å². The predicted molar refractivity (Wildman–Crippen MR) is 141 cm³/mol. The molecule has 2 N–H and O–H groups in total. The van der Waals surface area contributed by atoms with Gasteiger partial charge in [0.05, 0.1) is 26.9 Å². The van der Waals surface area contributed by atoms with Crippen LogP contribution in [0.1, 0.15) is 34.3 Å². The predicted octanol–water partition coefficient (Wildman–Crippen LogP) is 4.91. The van der Waals surface area contributed by atoms with Gasteiger partial charge in [-0.05, 0) is 49.1 Å². The summed E-state index contributed by atoms with van der Waals surface area (Å²) in [6.45, 7) is 3.38. The fourth-order valence-electron chi connectivity index (χ4n) is 3.70. The van der Waals surface area contributed by atoms with Gasteiger partial charge in [-0.3, -0.25) is 4.90 Å². The molecule has 0 saturated heterocycles. The number of hydrogen-bond donors (Lipinski definition) is 2. The third-order valence-electron chi connectivity index (χ3n) is 5.60. The van der Waals surface area contributed by atoms with E-state index in [0.29, 0.717) is 17.2 Å². The van der Waals surface area contributed by atoms with Gasteiger partial charge in [0, 0.05) is 19.7 Å². The Morgan fingerprint density at radius 1 is 0.778 bits per heavy atom. The highest BCUT2D eigenvalue weighted by Crippen LogP contribution is 2.38. The minimum Gasteiger partial charge on any atom is -0.493 e. The largest absolute Gasteiger partial charge is 0.493 e. The zero-order valence-electron chi connectivity index (χ0n) is 21.4. The highest BCUT2D eigenvalue weighted by atomic mass is 16.5. The molecule has 0 aliphatic rings. The summed E-state index contributed by atoms with van der Waals surface area (Å²) in [5, 5.41) is 17.8. The molecule has 0 atom stereocenters. The molecule has 0 bridgehead atoms. The maximum absolute atomic E-state index is 10.8. The molecule has 0 amide bonds. The van der Waals surface area contributed by atoms with Crippen LogP contribution in [0, 0.1) is 0 Å². The number of aromatic carboxylic acids is 1. The van der Waals surface area contributed by atoms with Gasteiger partial charge in [0.25, 0.3) is 0 Å². The number of carboxylic acid groups (broad SMARTS) is 1. The van der Waals surface area contributed by atoms with Crippen molar-refractivity contribution in [3.05, 3.63) is 89.5 Å². The minimum atomic E-state index is -1.05. The fraction of sp³-hybridized carbons (Fsp3) is 0.345. The van der Waals surface area contributed by atoms with Gasteiger partial charge in [-0.15, -0.1) is 0 Å². The quantitative estimate of drug-likeness (QED) is 0.326. The normalized spacial score (nSPS) is 10.4. The summed E-state index contributed by atoms with van der Waals surface area (Å²) in [6.07, 6.45) is 3.02. The summed E-state index contributed by atoms with van der Waals surface area (Å²) in [5.74, 6) is -0.0113. The molecule has 0 unspecified atom stereocenters. The average Bonchev–Trinajstić information content (AvgIpc) is 2.92. The second kappa shape index (κ2) is 16.2. The van der Waals surface area contributed by atoms with Gasteiger partial charge in [-0.25, -0.2) is 4.79 Å². The summed E-state index contributed by atoms with van der Waals surface area (Å²) < 4.78 is 15.1. The first-order valence-electron chi connectivity index (χ1n) is 12.0. The van der Waals surface area contributed by atoms with E-state index in [1.807, 2.05) is 0 Å². The highest BCUT2D eigenvalue weighted by molar-refractivity contribution is 5.89. The molecule has 0 heterocycles. The molecule has 7 nitrogen and oxygen atoms in total. The molecule has 3 aromatic rings. The van der Waals surface area contributed by atoms with E-state index in [1.165, 1.54) is 44.6 Å². The van der Waals surface area contributed by atoms with Crippen molar-refractivity contribution in [1.29, 1.82) is 0 Å². The van der Waals surface area contributed by atoms with Crippen LogP contribution in [0.15, 0.2) is 72.8 Å². The van der Waals surface area contributed by atoms with Crippen LogP contribution in [0.5, 0.6) is 17.2 Å². The first-order valence-corrected chi connectivity index (χ1v) is 12.0. The Kier molecular flexibility index (Phi) is 12.9. The van der Waals surface area contributed by atoms with Crippen molar-refractivity contribution >= 4 is 5.97 Å². The lowest BCUT2D eigenvalue weighted by Crippen LogP contribution is -2.27. The van der Waals surface area contributed by atoms with E-state index in [4.69, 9.17) is 24.4 Å². The molecule has 3 aromatic carbocycles. The number of aliphatic hydroxyl groups is 1. The van der Waals surface area contributed by atoms with Gasteiger partial charge in [0.1, 0.15) is 0 Å². The molecule has 0 saturated carbocycles. The van der Waals surface area contributed by atoms with E-state index in [1.54, 1.807) is 0 Å². The van der Waals surface area contributed by atoms with Crippen LogP contribution in [-0.2, 0) is 13.0 Å². The maximum Gasteiger partial charge on any atom is 0.335 e. The summed E-state index contributed by atoms with van der Waals surface area (Å²) in [5.41, 5.74) is 2.83. The van der Waals surface area contributed by atoms with Crippen LogP contribution < -0.4 is 14.2 Å². The Labute approximate surface area is 213 Å². The van der Waals surface area contributed by atoms with Crippen molar-refractivity contribution < 1.29 is 29.2 Å². The second-order valence-electron chi connectivity index (χ2n) is 8.15. The van der Waals surface area contributed by atoms with Gasteiger partial charge in [-0.1, -0.05) is 60.7 Å². The Morgan fingerprint density at radius 2 is 1.33 bits per heavy atom. The van der Waals surface area contributed by atoms with Gasteiger partial charge in [0.2, 0.25) is 5.75 Å². The number of benzene rings is 3. The van der Waals surface area contributed by atoms with Crippen molar-refractivity contribution in [2.24, 2.45) is 0 Å². The average molecular weight is 496 g/mol. The van der Waals surface area contributed by atoms with Crippen LogP contribution in [0.2, 0.25) is 0 Å². The van der Waals surface area contributed by atoms with Crippen LogP contribution >= 0.6 is 0 Å². The molecular weight excluding hydrogens is 458 g/mol. The van der Waals surface area contributed by atoms with Crippen molar-refractivity contribution in [3.8, 4) is 17.2 Å². The first-order chi connectivity index (χ1) is 17.5. The molecule has 0 spiro atoms. The molecule has 3 rings (SSSR count). The molecule has 194 valence electrons. The fourth-order valence-corrected chi connectivity index (χ4v) is 3.70. The van der Waals surface area contributed by atoms with E-state index in [-0.39, 0.29) is 12.2 Å². The van der Waals surface area contributed by atoms with Crippen LogP contribution in [0.25, 0.3) is 0 Å². The SMILES string of the molecule is COc1cc(C(=O)O)cc(OC)c1OC.OCCCCN(CCc1ccccc1)Cc1ccccc1. The monoisotopic (exact) mass is 495 g/mol. The van der Waals surface area contributed by atoms with Crippen molar-refractivity contribution in [3.63, 3.8) is 0 Å². The zero-order chi connectivity index (χ0) is 26.2.